The highest BCUT2D eigenvalue weighted by molar-refractivity contribution is 5.85. The van der Waals surface area contributed by atoms with E-state index in [2.05, 4.69) is 30.4 Å². The van der Waals surface area contributed by atoms with E-state index >= 15 is 0 Å². The molecule has 2 aromatic rings. The summed E-state index contributed by atoms with van der Waals surface area (Å²) in [5, 5.41) is 4.49. The Kier molecular flexibility index (Phi) is 4.84. The van der Waals surface area contributed by atoms with Crippen LogP contribution in [0.4, 0.5) is 0 Å². The summed E-state index contributed by atoms with van der Waals surface area (Å²) >= 11 is 0. The van der Waals surface area contributed by atoms with Crippen molar-refractivity contribution in [1.82, 2.24) is 5.32 Å². The SMILES string of the molecule is CC[C@H](Cc1ccc2ccoc2c1)NC.Cl. The summed E-state index contributed by atoms with van der Waals surface area (Å²) in [6.07, 6.45) is 3.94. The first-order valence-corrected chi connectivity index (χ1v) is 5.47. The molecule has 3 heteroatoms. The lowest BCUT2D eigenvalue weighted by Gasteiger charge is -2.13. The van der Waals surface area contributed by atoms with Gasteiger partial charge in [0.25, 0.3) is 0 Å². The van der Waals surface area contributed by atoms with Gasteiger partial charge in [-0.15, -0.1) is 12.4 Å². The molecular weight excluding hydrogens is 222 g/mol. The van der Waals surface area contributed by atoms with Gasteiger partial charge in [-0.25, -0.2) is 0 Å². The zero-order valence-corrected chi connectivity index (χ0v) is 10.5. The molecule has 0 saturated carbocycles. The largest absolute Gasteiger partial charge is 0.464 e. The number of hydrogen-bond donors (Lipinski definition) is 1. The van der Waals surface area contributed by atoms with Crippen LogP contribution in [0.5, 0.6) is 0 Å². The molecule has 0 aliphatic heterocycles. The van der Waals surface area contributed by atoms with Crippen molar-refractivity contribution in [2.75, 3.05) is 7.05 Å². The van der Waals surface area contributed by atoms with Crippen molar-refractivity contribution in [3.63, 3.8) is 0 Å². The molecule has 1 N–H and O–H groups in total. The van der Waals surface area contributed by atoms with Crippen molar-refractivity contribution in [2.24, 2.45) is 0 Å². The number of rotatable bonds is 4. The molecule has 0 amide bonds. The Labute approximate surface area is 102 Å². The number of likely N-dealkylation sites (N-methyl/N-ethyl adjacent to an activating group) is 1. The summed E-state index contributed by atoms with van der Waals surface area (Å²) in [6.45, 7) is 2.20. The molecule has 2 nitrogen and oxygen atoms in total. The molecular formula is C13H18ClNO. The maximum absolute atomic E-state index is 5.39. The zero-order valence-electron chi connectivity index (χ0n) is 9.69. The van der Waals surface area contributed by atoms with Gasteiger partial charge in [0, 0.05) is 11.4 Å². The normalized spacial score (nSPS) is 12.4. The number of nitrogens with one attached hydrogen (secondary N) is 1. The van der Waals surface area contributed by atoms with E-state index in [9.17, 15) is 0 Å². The molecule has 0 unspecified atom stereocenters. The van der Waals surface area contributed by atoms with Gasteiger partial charge in [0.2, 0.25) is 0 Å². The van der Waals surface area contributed by atoms with Crippen LogP contribution >= 0.6 is 12.4 Å². The predicted molar refractivity (Wildman–Crippen MR) is 70.3 cm³/mol. The number of hydrogen-bond acceptors (Lipinski definition) is 2. The second kappa shape index (κ2) is 5.92. The van der Waals surface area contributed by atoms with E-state index in [4.69, 9.17) is 4.42 Å². The minimum absolute atomic E-state index is 0. The van der Waals surface area contributed by atoms with Crippen molar-refractivity contribution < 1.29 is 4.42 Å². The lowest BCUT2D eigenvalue weighted by atomic mass is 10.0. The summed E-state index contributed by atoms with van der Waals surface area (Å²) in [7, 11) is 2.01. The quantitative estimate of drug-likeness (QED) is 0.885. The number of benzene rings is 1. The molecule has 0 aliphatic carbocycles. The van der Waals surface area contributed by atoms with Gasteiger partial charge >= 0.3 is 0 Å². The lowest BCUT2D eigenvalue weighted by molar-refractivity contribution is 0.542. The van der Waals surface area contributed by atoms with Crippen molar-refractivity contribution in [3.8, 4) is 0 Å². The maximum atomic E-state index is 5.39. The van der Waals surface area contributed by atoms with Gasteiger partial charge < -0.3 is 9.73 Å². The molecule has 1 aromatic heterocycles. The zero-order chi connectivity index (χ0) is 10.7. The second-order valence-electron chi connectivity index (χ2n) is 3.89. The first kappa shape index (κ1) is 13.1. The fourth-order valence-corrected chi connectivity index (χ4v) is 1.86. The smallest absolute Gasteiger partial charge is 0.134 e. The average molecular weight is 240 g/mol. The van der Waals surface area contributed by atoms with Crippen LogP contribution in [0.15, 0.2) is 34.9 Å². The summed E-state index contributed by atoms with van der Waals surface area (Å²) in [5.41, 5.74) is 2.32. The first-order valence-electron chi connectivity index (χ1n) is 5.47. The Hall–Kier alpha value is -0.990. The number of furan rings is 1. The fourth-order valence-electron chi connectivity index (χ4n) is 1.86. The molecule has 1 atom stereocenters. The highest BCUT2D eigenvalue weighted by atomic mass is 35.5. The van der Waals surface area contributed by atoms with Crippen LogP contribution in [-0.2, 0) is 6.42 Å². The molecule has 0 saturated heterocycles. The van der Waals surface area contributed by atoms with E-state index < -0.39 is 0 Å². The van der Waals surface area contributed by atoms with Crippen LogP contribution in [0.2, 0.25) is 0 Å². The molecule has 1 heterocycles. The molecule has 0 bridgehead atoms. The molecule has 16 heavy (non-hydrogen) atoms. The van der Waals surface area contributed by atoms with E-state index in [1.807, 2.05) is 13.1 Å². The second-order valence-corrected chi connectivity index (χ2v) is 3.89. The Balaban J connectivity index is 0.00000128. The Morgan fingerprint density at radius 2 is 2.12 bits per heavy atom. The van der Waals surface area contributed by atoms with Crippen LogP contribution in [0.3, 0.4) is 0 Å². The van der Waals surface area contributed by atoms with Gasteiger partial charge in [0.1, 0.15) is 5.58 Å². The third-order valence-electron chi connectivity index (χ3n) is 2.90. The van der Waals surface area contributed by atoms with Gasteiger partial charge in [-0.2, -0.15) is 0 Å². The summed E-state index contributed by atoms with van der Waals surface area (Å²) in [6, 6.07) is 8.98. The number of fused-ring (bicyclic) bond motifs is 1. The van der Waals surface area contributed by atoms with Crippen molar-refractivity contribution in [1.29, 1.82) is 0 Å². The van der Waals surface area contributed by atoms with Gasteiger partial charge in [0.05, 0.1) is 6.26 Å². The lowest BCUT2D eigenvalue weighted by Crippen LogP contribution is -2.26. The van der Waals surface area contributed by atoms with Gasteiger partial charge in [-0.3, -0.25) is 0 Å². The minimum Gasteiger partial charge on any atom is -0.464 e. The van der Waals surface area contributed by atoms with Crippen LogP contribution in [0.25, 0.3) is 11.0 Å². The van der Waals surface area contributed by atoms with Crippen molar-refractivity contribution in [2.45, 2.75) is 25.8 Å². The summed E-state index contributed by atoms with van der Waals surface area (Å²) in [4.78, 5) is 0. The summed E-state index contributed by atoms with van der Waals surface area (Å²) < 4.78 is 5.39. The Bertz CT molecular complexity index is 434. The Morgan fingerprint density at radius 1 is 1.31 bits per heavy atom. The molecule has 0 fully saturated rings. The fraction of sp³-hybridized carbons (Fsp3) is 0.385. The summed E-state index contributed by atoms with van der Waals surface area (Å²) in [5.74, 6) is 0. The van der Waals surface area contributed by atoms with E-state index in [0.29, 0.717) is 6.04 Å². The van der Waals surface area contributed by atoms with E-state index in [1.54, 1.807) is 6.26 Å². The van der Waals surface area contributed by atoms with Crippen LogP contribution in [-0.4, -0.2) is 13.1 Å². The maximum Gasteiger partial charge on any atom is 0.134 e. The Morgan fingerprint density at radius 3 is 2.81 bits per heavy atom. The van der Waals surface area contributed by atoms with Crippen LogP contribution < -0.4 is 5.32 Å². The third-order valence-corrected chi connectivity index (χ3v) is 2.90. The van der Waals surface area contributed by atoms with Crippen molar-refractivity contribution in [3.05, 3.63) is 36.1 Å². The average Bonchev–Trinajstić information content (AvgIpc) is 2.73. The first-order chi connectivity index (χ1) is 7.33. The monoisotopic (exact) mass is 239 g/mol. The standard InChI is InChI=1S/C13H17NO.ClH/c1-3-12(14-2)8-10-4-5-11-6-7-15-13(11)9-10;/h4-7,9,12,14H,3,8H2,1-2H3;1H/t12-;/m1./s1. The van der Waals surface area contributed by atoms with Gasteiger partial charge in [-0.1, -0.05) is 19.1 Å². The van der Waals surface area contributed by atoms with Gasteiger partial charge in [-0.05, 0) is 37.6 Å². The molecule has 0 spiro atoms. The molecule has 0 radical (unpaired) electrons. The molecule has 0 aliphatic rings. The number of halogens is 1. The minimum atomic E-state index is 0. The van der Waals surface area contributed by atoms with Crippen LogP contribution in [0.1, 0.15) is 18.9 Å². The van der Waals surface area contributed by atoms with E-state index in [1.165, 1.54) is 10.9 Å². The molecule has 88 valence electrons. The highest BCUT2D eigenvalue weighted by Gasteiger charge is 2.05. The van der Waals surface area contributed by atoms with Gasteiger partial charge in [0.15, 0.2) is 0 Å². The third kappa shape index (κ3) is 2.77. The van der Waals surface area contributed by atoms with E-state index in [-0.39, 0.29) is 12.4 Å². The van der Waals surface area contributed by atoms with Crippen molar-refractivity contribution >= 4 is 23.4 Å². The predicted octanol–water partition coefficient (Wildman–Crippen LogP) is 3.40. The highest BCUT2D eigenvalue weighted by Crippen LogP contribution is 2.18. The van der Waals surface area contributed by atoms with Crippen LogP contribution in [0, 0.1) is 0 Å². The van der Waals surface area contributed by atoms with E-state index in [0.717, 1.165) is 18.4 Å². The molecule has 1 aromatic carbocycles. The molecule has 2 rings (SSSR count). The topological polar surface area (TPSA) is 25.2 Å².